The van der Waals surface area contributed by atoms with Crippen molar-refractivity contribution in [3.8, 4) is 45.7 Å². The third kappa shape index (κ3) is 9.90. The van der Waals surface area contributed by atoms with Crippen molar-refractivity contribution >= 4 is 5.97 Å². The highest BCUT2D eigenvalue weighted by Crippen LogP contribution is 2.32. The van der Waals surface area contributed by atoms with Crippen LogP contribution in [0.4, 0.5) is 0 Å². The first-order chi connectivity index (χ1) is 21.3. The number of benzene rings is 3. The second kappa shape index (κ2) is 16.6. The van der Waals surface area contributed by atoms with Crippen LogP contribution in [-0.2, 0) is 9.53 Å². The third-order valence-electron chi connectivity index (χ3n) is 7.52. The van der Waals surface area contributed by atoms with E-state index < -0.39 is 0 Å². The van der Waals surface area contributed by atoms with Crippen LogP contribution in [0, 0.1) is 17.8 Å². The van der Waals surface area contributed by atoms with E-state index in [0.717, 1.165) is 43.2 Å². The lowest BCUT2D eigenvalue weighted by molar-refractivity contribution is -0.150. The second-order valence-corrected chi connectivity index (χ2v) is 12.1. The smallest absolute Gasteiger partial charge is 0.309 e. The van der Waals surface area contributed by atoms with Crippen molar-refractivity contribution in [1.29, 1.82) is 0 Å². The molecule has 0 amide bonds. The molecule has 0 radical (unpaired) electrons. The van der Waals surface area contributed by atoms with Crippen LogP contribution in [0.5, 0.6) is 11.5 Å². The van der Waals surface area contributed by atoms with Crippen molar-refractivity contribution in [2.24, 2.45) is 17.8 Å². The largest absolute Gasteiger partial charge is 0.507 e. The average Bonchev–Trinajstić information content (AvgIpc) is 3.03. The van der Waals surface area contributed by atoms with E-state index in [-0.39, 0.29) is 30.9 Å². The lowest BCUT2D eigenvalue weighted by Crippen LogP contribution is -2.21. The Morgan fingerprint density at radius 1 is 0.682 bits per heavy atom. The first-order valence-corrected chi connectivity index (χ1v) is 15.8. The lowest BCUT2D eigenvalue weighted by atomic mass is 9.92. The van der Waals surface area contributed by atoms with Gasteiger partial charge in [0.2, 0.25) is 0 Å². The van der Waals surface area contributed by atoms with Gasteiger partial charge >= 0.3 is 5.97 Å². The Morgan fingerprint density at radius 2 is 1.25 bits per heavy atom. The number of unbranched alkanes of at least 4 members (excludes halogenated alkanes) is 1. The van der Waals surface area contributed by atoms with E-state index in [4.69, 9.17) is 14.5 Å². The minimum absolute atomic E-state index is 0.0149. The number of aromatic nitrogens is 3. The van der Waals surface area contributed by atoms with Gasteiger partial charge < -0.3 is 14.6 Å². The molecule has 0 aliphatic rings. The monoisotopic (exact) mass is 595 g/mol. The van der Waals surface area contributed by atoms with Gasteiger partial charge in [0.15, 0.2) is 17.5 Å². The number of esters is 1. The van der Waals surface area contributed by atoms with Crippen LogP contribution in [0.25, 0.3) is 34.2 Å². The molecular formula is C37H45N3O4. The molecule has 4 rings (SSSR count). The van der Waals surface area contributed by atoms with Gasteiger partial charge in [-0.2, -0.15) is 0 Å². The van der Waals surface area contributed by atoms with Crippen molar-refractivity contribution in [1.82, 2.24) is 15.0 Å². The van der Waals surface area contributed by atoms with E-state index >= 15 is 0 Å². The van der Waals surface area contributed by atoms with Gasteiger partial charge in [0, 0.05) is 17.2 Å². The SMILES string of the molecule is CC(C)CCCCC(CCC(C)C)C(=O)OCCOc1ccc(-c2nc(-c3ccccc3)nc(-c3ccccc3)n2)c(O)c1. The fourth-order valence-electron chi connectivity index (χ4n) is 5.00. The Labute approximate surface area is 261 Å². The maximum atomic E-state index is 12.9. The van der Waals surface area contributed by atoms with E-state index in [1.807, 2.05) is 60.7 Å². The van der Waals surface area contributed by atoms with E-state index in [0.29, 0.717) is 40.6 Å². The predicted molar refractivity (Wildman–Crippen MR) is 175 cm³/mol. The minimum Gasteiger partial charge on any atom is -0.507 e. The zero-order chi connectivity index (χ0) is 31.3. The molecule has 1 heterocycles. The summed E-state index contributed by atoms with van der Waals surface area (Å²) in [5.41, 5.74) is 2.17. The zero-order valence-corrected chi connectivity index (χ0v) is 26.4. The predicted octanol–water partition coefficient (Wildman–Crippen LogP) is 8.77. The third-order valence-corrected chi connectivity index (χ3v) is 7.52. The Bertz CT molecular complexity index is 1400. The summed E-state index contributed by atoms with van der Waals surface area (Å²) in [6.45, 7) is 9.17. The number of aromatic hydroxyl groups is 1. The molecule has 232 valence electrons. The fraction of sp³-hybridized carbons (Fsp3) is 0.405. The number of nitrogens with zero attached hydrogens (tertiary/aromatic N) is 3. The van der Waals surface area contributed by atoms with Crippen LogP contribution in [0.15, 0.2) is 78.9 Å². The van der Waals surface area contributed by atoms with Crippen molar-refractivity contribution in [3.05, 3.63) is 78.9 Å². The molecule has 7 heteroatoms. The minimum atomic E-state index is -0.143. The van der Waals surface area contributed by atoms with E-state index in [2.05, 4.69) is 37.7 Å². The summed E-state index contributed by atoms with van der Waals surface area (Å²) >= 11 is 0. The lowest BCUT2D eigenvalue weighted by Gasteiger charge is -2.17. The molecule has 1 N–H and O–H groups in total. The molecule has 4 aromatic rings. The number of phenolic OH excluding ortho intramolecular Hbond substituents is 1. The van der Waals surface area contributed by atoms with Gasteiger partial charge in [0.1, 0.15) is 24.7 Å². The van der Waals surface area contributed by atoms with E-state index in [9.17, 15) is 9.90 Å². The van der Waals surface area contributed by atoms with Gasteiger partial charge in [0.05, 0.1) is 11.5 Å². The molecular weight excluding hydrogens is 550 g/mol. The molecule has 7 nitrogen and oxygen atoms in total. The Hall–Kier alpha value is -4.26. The van der Waals surface area contributed by atoms with E-state index in [1.54, 1.807) is 12.1 Å². The summed E-state index contributed by atoms with van der Waals surface area (Å²) in [4.78, 5) is 26.9. The number of hydrogen-bond acceptors (Lipinski definition) is 7. The normalized spacial score (nSPS) is 12.0. The molecule has 1 unspecified atom stereocenters. The van der Waals surface area contributed by atoms with Crippen molar-refractivity contribution in [3.63, 3.8) is 0 Å². The Balaban J connectivity index is 1.40. The number of carbonyl (C=O) groups is 1. The van der Waals surface area contributed by atoms with Crippen molar-refractivity contribution in [2.75, 3.05) is 13.2 Å². The summed E-state index contributed by atoms with van der Waals surface area (Å²) in [6.07, 6.45) is 6.08. The molecule has 0 spiro atoms. The summed E-state index contributed by atoms with van der Waals surface area (Å²) < 4.78 is 11.4. The van der Waals surface area contributed by atoms with Crippen LogP contribution in [0.1, 0.15) is 66.2 Å². The van der Waals surface area contributed by atoms with Crippen LogP contribution in [0.3, 0.4) is 0 Å². The van der Waals surface area contributed by atoms with Gasteiger partial charge in [0.25, 0.3) is 0 Å². The Morgan fingerprint density at radius 3 is 1.82 bits per heavy atom. The molecule has 0 aliphatic heterocycles. The number of phenols is 1. The van der Waals surface area contributed by atoms with Crippen molar-refractivity contribution < 1.29 is 19.4 Å². The first-order valence-electron chi connectivity index (χ1n) is 15.8. The van der Waals surface area contributed by atoms with E-state index in [1.165, 1.54) is 12.5 Å². The number of hydrogen-bond donors (Lipinski definition) is 1. The Kier molecular flexibility index (Phi) is 12.3. The van der Waals surface area contributed by atoms with Gasteiger partial charge in [-0.25, -0.2) is 15.0 Å². The second-order valence-electron chi connectivity index (χ2n) is 12.1. The van der Waals surface area contributed by atoms with Crippen LogP contribution >= 0.6 is 0 Å². The highest BCUT2D eigenvalue weighted by molar-refractivity contribution is 5.72. The first kappa shape index (κ1) is 32.6. The maximum absolute atomic E-state index is 12.9. The average molecular weight is 596 g/mol. The van der Waals surface area contributed by atoms with Gasteiger partial charge in [-0.15, -0.1) is 0 Å². The summed E-state index contributed by atoms with van der Waals surface area (Å²) in [7, 11) is 0. The fourth-order valence-corrected chi connectivity index (χ4v) is 5.00. The molecule has 0 saturated carbocycles. The molecule has 1 aromatic heterocycles. The van der Waals surface area contributed by atoms with Crippen LogP contribution < -0.4 is 4.74 Å². The molecule has 0 bridgehead atoms. The summed E-state index contributed by atoms with van der Waals surface area (Å²) in [6, 6.07) is 24.4. The number of rotatable bonds is 16. The zero-order valence-electron chi connectivity index (χ0n) is 26.4. The summed E-state index contributed by atoms with van der Waals surface area (Å²) in [5.74, 6) is 2.85. The standard InChI is InChI=1S/C37H45N3O4/c1-26(2)13-11-12-18-30(20-19-27(3)4)37(42)44-24-23-43-31-21-22-32(33(41)25-31)36-39-34(28-14-7-5-8-15-28)38-35(40-36)29-16-9-6-10-17-29/h5-10,14-17,21-22,25-27,30,41H,11-13,18-20,23-24H2,1-4H3. The van der Waals surface area contributed by atoms with Gasteiger partial charge in [-0.05, 0) is 36.8 Å². The summed E-state index contributed by atoms with van der Waals surface area (Å²) in [5, 5.41) is 11.0. The highest BCUT2D eigenvalue weighted by Gasteiger charge is 2.20. The van der Waals surface area contributed by atoms with Gasteiger partial charge in [-0.1, -0.05) is 114 Å². The molecule has 3 aromatic carbocycles. The maximum Gasteiger partial charge on any atom is 0.309 e. The van der Waals surface area contributed by atoms with Crippen LogP contribution in [0.2, 0.25) is 0 Å². The number of ether oxygens (including phenoxy) is 2. The van der Waals surface area contributed by atoms with Gasteiger partial charge in [-0.3, -0.25) is 4.79 Å². The molecule has 0 aliphatic carbocycles. The van der Waals surface area contributed by atoms with Crippen LogP contribution in [-0.4, -0.2) is 39.2 Å². The topological polar surface area (TPSA) is 94.4 Å². The molecule has 0 fully saturated rings. The number of carbonyl (C=O) groups excluding carboxylic acids is 1. The molecule has 0 saturated heterocycles. The van der Waals surface area contributed by atoms with Crippen molar-refractivity contribution in [2.45, 2.75) is 66.2 Å². The molecule has 1 atom stereocenters. The highest BCUT2D eigenvalue weighted by atomic mass is 16.6. The quantitative estimate of drug-likeness (QED) is 0.102. The molecule has 44 heavy (non-hydrogen) atoms.